The first-order valence-corrected chi connectivity index (χ1v) is 9.05. The number of aryl methyl sites for hydroxylation is 1. The van der Waals surface area contributed by atoms with Crippen molar-refractivity contribution in [2.75, 3.05) is 26.3 Å². The maximum atomic E-state index is 5.31. The van der Waals surface area contributed by atoms with E-state index >= 15 is 0 Å². The van der Waals surface area contributed by atoms with E-state index in [1.54, 1.807) is 0 Å². The second-order valence-corrected chi connectivity index (χ2v) is 7.60. The molecule has 1 aromatic heterocycles. The van der Waals surface area contributed by atoms with Crippen LogP contribution in [0.2, 0.25) is 0 Å². The normalized spacial score (nSPS) is 22.9. The summed E-state index contributed by atoms with van der Waals surface area (Å²) in [5.41, 5.74) is 0.195. The van der Waals surface area contributed by atoms with Crippen LogP contribution in [0.25, 0.3) is 0 Å². The van der Waals surface area contributed by atoms with Gasteiger partial charge in [-0.25, -0.2) is 9.67 Å². The zero-order valence-corrected chi connectivity index (χ0v) is 15.3. The highest BCUT2D eigenvalue weighted by Crippen LogP contribution is 2.26. The van der Waals surface area contributed by atoms with Crippen molar-refractivity contribution >= 4 is 5.96 Å². The summed E-state index contributed by atoms with van der Waals surface area (Å²) in [6.45, 7) is 12.7. The largest absolute Gasteiger partial charge is 0.380 e. The maximum Gasteiger partial charge on any atom is 0.191 e. The molecule has 2 N–H and O–H groups in total. The summed E-state index contributed by atoms with van der Waals surface area (Å²) in [6, 6.07) is 0.336. The van der Waals surface area contributed by atoms with Crippen molar-refractivity contribution in [2.24, 2.45) is 10.4 Å². The molecule has 24 heavy (non-hydrogen) atoms. The van der Waals surface area contributed by atoms with Crippen LogP contribution in [0.15, 0.2) is 4.99 Å². The third-order valence-electron chi connectivity index (χ3n) is 4.60. The minimum Gasteiger partial charge on any atom is -0.380 e. The highest BCUT2D eigenvalue weighted by atomic mass is 16.5. The Morgan fingerprint density at radius 2 is 2.25 bits per heavy atom. The van der Waals surface area contributed by atoms with Crippen LogP contribution in [0.3, 0.4) is 0 Å². The SMILES string of the molecule is CCNC(=NCC1(C)COC1)NC1CCc2nc(C(C)C)nn2C1. The minimum atomic E-state index is 0.195. The molecule has 134 valence electrons. The first-order valence-electron chi connectivity index (χ1n) is 9.05. The molecular weight excluding hydrogens is 304 g/mol. The summed E-state index contributed by atoms with van der Waals surface area (Å²) in [4.78, 5) is 9.41. The van der Waals surface area contributed by atoms with Crippen molar-refractivity contribution < 1.29 is 4.74 Å². The van der Waals surface area contributed by atoms with Gasteiger partial charge in [-0.3, -0.25) is 4.99 Å². The number of nitrogens with one attached hydrogen (secondary N) is 2. The van der Waals surface area contributed by atoms with Crippen LogP contribution in [0, 0.1) is 5.41 Å². The van der Waals surface area contributed by atoms with Gasteiger partial charge in [0.15, 0.2) is 11.8 Å². The van der Waals surface area contributed by atoms with Crippen LogP contribution < -0.4 is 10.6 Å². The number of ether oxygens (including phenoxy) is 1. The van der Waals surface area contributed by atoms with E-state index in [0.29, 0.717) is 12.0 Å². The molecule has 0 amide bonds. The lowest BCUT2D eigenvalue weighted by atomic mass is 9.89. The van der Waals surface area contributed by atoms with E-state index in [-0.39, 0.29) is 5.41 Å². The van der Waals surface area contributed by atoms with Crippen LogP contribution in [0.4, 0.5) is 0 Å². The van der Waals surface area contributed by atoms with Crippen molar-refractivity contribution in [3.05, 3.63) is 11.6 Å². The Kier molecular flexibility index (Phi) is 5.08. The predicted octanol–water partition coefficient (Wildman–Crippen LogP) is 1.31. The molecule has 2 aliphatic heterocycles. The smallest absolute Gasteiger partial charge is 0.191 e. The van der Waals surface area contributed by atoms with Crippen molar-refractivity contribution in [1.29, 1.82) is 0 Å². The lowest BCUT2D eigenvalue weighted by Crippen LogP contribution is -2.48. The number of nitrogens with zero attached hydrogens (tertiary/aromatic N) is 4. The lowest BCUT2D eigenvalue weighted by Gasteiger charge is -2.36. The van der Waals surface area contributed by atoms with E-state index in [2.05, 4.69) is 53.1 Å². The summed E-state index contributed by atoms with van der Waals surface area (Å²) in [5.74, 6) is 3.32. The van der Waals surface area contributed by atoms with E-state index in [9.17, 15) is 0 Å². The van der Waals surface area contributed by atoms with E-state index in [1.807, 2.05) is 0 Å². The van der Waals surface area contributed by atoms with E-state index < -0.39 is 0 Å². The van der Waals surface area contributed by atoms with Gasteiger partial charge in [0.1, 0.15) is 5.82 Å². The molecule has 0 spiro atoms. The van der Waals surface area contributed by atoms with Crippen LogP contribution in [0.1, 0.15) is 51.7 Å². The van der Waals surface area contributed by atoms with E-state index in [4.69, 9.17) is 9.73 Å². The Balaban J connectivity index is 1.61. The maximum absolute atomic E-state index is 5.31. The molecule has 1 unspecified atom stereocenters. The highest BCUT2D eigenvalue weighted by molar-refractivity contribution is 5.80. The topological polar surface area (TPSA) is 76.4 Å². The van der Waals surface area contributed by atoms with Gasteiger partial charge in [-0.1, -0.05) is 20.8 Å². The number of hydrogen-bond acceptors (Lipinski definition) is 4. The summed E-state index contributed by atoms with van der Waals surface area (Å²) in [5, 5.41) is 11.6. The quantitative estimate of drug-likeness (QED) is 0.627. The zero-order valence-electron chi connectivity index (χ0n) is 15.3. The fraction of sp³-hybridized carbons (Fsp3) is 0.824. The van der Waals surface area contributed by atoms with Gasteiger partial charge in [0.05, 0.1) is 26.3 Å². The molecule has 0 saturated carbocycles. The molecule has 1 aromatic rings. The van der Waals surface area contributed by atoms with Crippen molar-refractivity contribution in [2.45, 2.75) is 59.0 Å². The van der Waals surface area contributed by atoms with E-state index in [1.165, 1.54) is 0 Å². The molecule has 0 bridgehead atoms. The molecule has 0 aromatic carbocycles. The molecule has 0 radical (unpaired) electrons. The number of rotatable bonds is 5. The average Bonchev–Trinajstić information content (AvgIpc) is 2.94. The summed E-state index contributed by atoms with van der Waals surface area (Å²) >= 11 is 0. The summed E-state index contributed by atoms with van der Waals surface area (Å²) in [7, 11) is 0. The van der Waals surface area contributed by atoms with Crippen molar-refractivity contribution in [3.63, 3.8) is 0 Å². The van der Waals surface area contributed by atoms with Gasteiger partial charge in [-0.05, 0) is 13.3 Å². The highest BCUT2D eigenvalue weighted by Gasteiger charge is 2.33. The molecule has 3 heterocycles. The first-order chi connectivity index (χ1) is 11.5. The minimum absolute atomic E-state index is 0.195. The molecule has 3 rings (SSSR count). The molecular formula is C17H30N6O. The standard InChI is InChI=1S/C17H30N6O/c1-5-18-16(19-9-17(4)10-24-11-17)20-13-6-7-14-21-15(12(2)3)22-23(14)8-13/h12-13H,5-11H2,1-4H3,(H2,18,19,20). The van der Waals surface area contributed by atoms with Gasteiger partial charge in [-0.2, -0.15) is 5.10 Å². The number of aliphatic imine (C=N–C) groups is 1. The molecule has 1 atom stereocenters. The number of hydrogen-bond donors (Lipinski definition) is 2. The molecule has 7 nitrogen and oxygen atoms in total. The van der Waals surface area contributed by atoms with Gasteiger partial charge >= 0.3 is 0 Å². The monoisotopic (exact) mass is 334 g/mol. The van der Waals surface area contributed by atoms with Gasteiger partial charge in [0, 0.05) is 30.3 Å². The average molecular weight is 334 g/mol. The second-order valence-electron chi connectivity index (χ2n) is 7.60. The molecule has 1 fully saturated rings. The predicted molar refractivity (Wildman–Crippen MR) is 94.3 cm³/mol. The number of guanidine groups is 1. The second kappa shape index (κ2) is 7.09. The first kappa shape index (κ1) is 17.2. The molecule has 0 aliphatic carbocycles. The number of aromatic nitrogens is 3. The number of fused-ring (bicyclic) bond motifs is 1. The van der Waals surface area contributed by atoms with E-state index in [0.717, 1.165) is 63.3 Å². The summed E-state index contributed by atoms with van der Waals surface area (Å²) in [6.07, 6.45) is 2.02. The molecule has 7 heteroatoms. The Hall–Kier alpha value is -1.63. The molecule has 2 aliphatic rings. The lowest BCUT2D eigenvalue weighted by molar-refractivity contribution is -0.0945. The Morgan fingerprint density at radius 3 is 2.88 bits per heavy atom. The fourth-order valence-electron chi connectivity index (χ4n) is 3.02. The van der Waals surface area contributed by atoms with Crippen LogP contribution in [0.5, 0.6) is 0 Å². The van der Waals surface area contributed by atoms with Gasteiger partial charge in [-0.15, -0.1) is 0 Å². The Morgan fingerprint density at radius 1 is 1.46 bits per heavy atom. The Bertz CT molecular complexity index is 590. The Labute approximate surface area is 144 Å². The van der Waals surface area contributed by atoms with Gasteiger partial charge < -0.3 is 15.4 Å². The van der Waals surface area contributed by atoms with Crippen molar-refractivity contribution in [1.82, 2.24) is 25.4 Å². The fourth-order valence-corrected chi connectivity index (χ4v) is 3.02. The van der Waals surface area contributed by atoms with Crippen LogP contribution in [-0.2, 0) is 17.7 Å². The summed E-state index contributed by atoms with van der Waals surface area (Å²) < 4.78 is 7.37. The third-order valence-corrected chi connectivity index (χ3v) is 4.60. The third kappa shape index (κ3) is 3.88. The van der Waals surface area contributed by atoms with Crippen LogP contribution in [-0.4, -0.2) is 53.1 Å². The van der Waals surface area contributed by atoms with Gasteiger partial charge in [0.2, 0.25) is 0 Å². The van der Waals surface area contributed by atoms with Gasteiger partial charge in [0.25, 0.3) is 0 Å². The van der Waals surface area contributed by atoms with Crippen LogP contribution >= 0.6 is 0 Å². The molecule has 1 saturated heterocycles. The zero-order chi connectivity index (χ0) is 17.2. The van der Waals surface area contributed by atoms with Crippen molar-refractivity contribution in [3.8, 4) is 0 Å².